The Morgan fingerprint density at radius 3 is 2.45 bits per heavy atom. The van der Waals surface area contributed by atoms with Gasteiger partial charge in [0.25, 0.3) is 0 Å². The van der Waals surface area contributed by atoms with Crippen molar-refractivity contribution in [1.82, 2.24) is 4.31 Å². The van der Waals surface area contributed by atoms with Gasteiger partial charge in [-0.25, -0.2) is 17.5 Å². The van der Waals surface area contributed by atoms with Crippen LogP contribution in [0.25, 0.3) is 0 Å². The molecule has 1 heterocycles. The van der Waals surface area contributed by atoms with E-state index in [0.717, 1.165) is 0 Å². The topological polar surface area (TPSA) is 74.7 Å². The monoisotopic (exact) mass is 297 g/mol. The van der Waals surface area contributed by atoms with Gasteiger partial charge >= 0.3 is 5.97 Å². The highest BCUT2D eigenvalue weighted by Gasteiger charge is 2.33. The van der Waals surface area contributed by atoms with Crippen molar-refractivity contribution in [2.45, 2.75) is 19.6 Å². The molecule has 0 amide bonds. The van der Waals surface area contributed by atoms with E-state index in [2.05, 4.69) is 0 Å². The van der Waals surface area contributed by atoms with Crippen molar-refractivity contribution in [2.75, 3.05) is 13.1 Å². The molecule has 1 fully saturated rings. The second kappa shape index (κ2) is 5.54. The van der Waals surface area contributed by atoms with E-state index < -0.39 is 16.0 Å². The van der Waals surface area contributed by atoms with E-state index in [1.807, 2.05) is 13.8 Å². The second-order valence-corrected chi connectivity index (χ2v) is 7.50. The third kappa shape index (κ3) is 3.19. The smallest absolute Gasteiger partial charge is 0.335 e. The van der Waals surface area contributed by atoms with Gasteiger partial charge in [-0.2, -0.15) is 0 Å². The maximum absolute atomic E-state index is 12.4. The van der Waals surface area contributed by atoms with E-state index in [1.165, 1.54) is 16.4 Å². The first-order valence-electron chi connectivity index (χ1n) is 6.59. The molecule has 1 saturated heterocycles. The molecule has 2 rings (SSSR count). The third-order valence-corrected chi connectivity index (χ3v) is 5.65. The molecule has 2 atom stereocenters. The fourth-order valence-electron chi connectivity index (χ4n) is 2.40. The van der Waals surface area contributed by atoms with Gasteiger partial charge in [-0.1, -0.05) is 26.0 Å². The van der Waals surface area contributed by atoms with Gasteiger partial charge in [-0.15, -0.1) is 0 Å². The highest BCUT2D eigenvalue weighted by molar-refractivity contribution is 7.88. The standard InChI is InChI=1S/C14H19NO4S/c1-10-7-15(8-11(10)2)20(18,19)9-12-4-3-5-13(6-12)14(16)17/h3-6,10-11H,7-9H2,1-2H3,(H,16,17). The maximum Gasteiger partial charge on any atom is 0.335 e. The summed E-state index contributed by atoms with van der Waals surface area (Å²) in [4.78, 5) is 10.9. The number of carboxylic acids is 1. The van der Waals surface area contributed by atoms with Crippen molar-refractivity contribution in [1.29, 1.82) is 0 Å². The zero-order valence-electron chi connectivity index (χ0n) is 11.6. The highest BCUT2D eigenvalue weighted by atomic mass is 32.2. The van der Waals surface area contributed by atoms with Crippen molar-refractivity contribution >= 4 is 16.0 Å². The van der Waals surface area contributed by atoms with Gasteiger partial charge in [-0.05, 0) is 29.5 Å². The summed E-state index contributed by atoms with van der Waals surface area (Å²) in [5.41, 5.74) is 0.623. The number of rotatable bonds is 4. The van der Waals surface area contributed by atoms with Gasteiger partial charge < -0.3 is 5.11 Å². The molecule has 1 aliphatic heterocycles. The van der Waals surface area contributed by atoms with Gasteiger partial charge in [0.2, 0.25) is 10.0 Å². The number of nitrogens with zero attached hydrogens (tertiary/aromatic N) is 1. The lowest BCUT2D eigenvalue weighted by Crippen LogP contribution is -2.30. The molecule has 0 saturated carbocycles. The zero-order valence-corrected chi connectivity index (χ0v) is 12.4. The summed E-state index contributed by atoms with van der Waals surface area (Å²) in [5.74, 6) is -0.481. The van der Waals surface area contributed by atoms with Crippen LogP contribution >= 0.6 is 0 Å². The molecule has 20 heavy (non-hydrogen) atoms. The van der Waals surface area contributed by atoms with Crippen LogP contribution in [0.5, 0.6) is 0 Å². The van der Waals surface area contributed by atoms with Gasteiger partial charge in [-0.3, -0.25) is 0 Å². The Labute approximate surface area is 119 Å². The van der Waals surface area contributed by atoms with Crippen LogP contribution < -0.4 is 0 Å². The Hall–Kier alpha value is -1.40. The summed E-state index contributed by atoms with van der Waals surface area (Å²) in [5, 5.41) is 8.93. The number of hydrogen-bond acceptors (Lipinski definition) is 3. The van der Waals surface area contributed by atoms with Crippen LogP contribution in [0, 0.1) is 11.8 Å². The van der Waals surface area contributed by atoms with E-state index in [9.17, 15) is 13.2 Å². The number of carboxylic acid groups (broad SMARTS) is 1. The second-order valence-electron chi connectivity index (χ2n) is 5.53. The number of sulfonamides is 1. The highest BCUT2D eigenvalue weighted by Crippen LogP contribution is 2.26. The molecule has 6 heteroatoms. The van der Waals surface area contributed by atoms with Crippen LogP contribution in [0.15, 0.2) is 24.3 Å². The predicted octanol–water partition coefficient (Wildman–Crippen LogP) is 1.80. The lowest BCUT2D eigenvalue weighted by atomic mass is 10.0. The molecule has 0 aliphatic carbocycles. The molecule has 5 nitrogen and oxygen atoms in total. The van der Waals surface area contributed by atoms with Crippen molar-refractivity contribution in [2.24, 2.45) is 11.8 Å². The molecule has 2 unspecified atom stereocenters. The first-order chi connectivity index (χ1) is 9.29. The normalized spacial score (nSPS) is 23.9. The molecular weight excluding hydrogens is 278 g/mol. The third-order valence-electron chi connectivity index (χ3n) is 3.87. The molecule has 0 bridgehead atoms. The minimum Gasteiger partial charge on any atom is -0.478 e. The molecular formula is C14H19NO4S. The SMILES string of the molecule is CC1CN(S(=O)(=O)Cc2cccc(C(=O)O)c2)CC1C. The zero-order chi connectivity index (χ0) is 14.9. The van der Waals surface area contributed by atoms with Crippen LogP contribution in [0.2, 0.25) is 0 Å². The largest absolute Gasteiger partial charge is 0.478 e. The maximum atomic E-state index is 12.4. The Morgan fingerprint density at radius 1 is 1.30 bits per heavy atom. The van der Waals surface area contributed by atoms with E-state index in [-0.39, 0.29) is 11.3 Å². The molecule has 0 aromatic heterocycles. The van der Waals surface area contributed by atoms with E-state index >= 15 is 0 Å². The summed E-state index contributed by atoms with van der Waals surface area (Å²) in [6.45, 7) is 5.18. The van der Waals surface area contributed by atoms with Gasteiger partial charge in [0.15, 0.2) is 0 Å². The van der Waals surface area contributed by atoms with Crippen molar-refractivity contribution in [3.63, 3.8) is 0 Å². The van der Waals surface area contributed by atoms with Crippen LogP contribution in [0.1, 0.15) is 29.8 Å². The van der Waals surface area contributed by atoms with Crippen LogP contribution in [-0.2, 0) is 15.8 Å². The van der Waals surface area contributed by atoms with Crippen LogP contribution in [-0.4, -0.2) is 36.9 Å². The molecule has 1 N–H and O–H groups in total. The Balaban J connectivity index is 2.17. The minimum atomic E-state index is -3.38. The number of aromatic carboxylic acids is 1. The quantitative estimate of drug-likeness (QED) is 0.919. The van der Waals surface area contributed by atoms with Crippen molar-refractivity contribution < 1.29 is 18.3 Å². The molecule has 110 valence electrons. The summed E-state index contributed by atoms with van der Waals surface area (Å²) in [7, 11) is -3.38. The molecule has 0 radical (unpaired) electrons. The van der Waals surface area contributed by atoms with Crippen LogP contribution in [0.4, 0.5) is 0 Å². The van der Waals surface area contributed by atoms with Crippen molar-refractivity contribution in [3.8, 4) is 0 Å². The van der Waals surface area contributed by atoms with E-state index in [4.69, 9.17) is 5.11 Å². The lowest BCUT2D eigenvalue weighted by Gasteiger charge is -2.16. The molecule has 0 spiro atoms. The summed E-state index contributed by atoms with van der Waals surface area (Å²) in [6, 6.07) is 6.09. The van der Waals surface area contributed by atoms with Crippen molar-refractivity contribution in [3.05, 3.63) is 35.4 Å². The molecule has 1 aliphatic rings. The lowest BCUT2D eigenvalue weighted by molar-refractivity contribution is 0.0696. The fourth-order valence-corrected chi connectivity index (χ4v) is 4.11. The summed E-state index contributed by atoms with van der Waals surface area (Å²) in [6.07, 6.45) is 0. The predicted molar refractivity (Wildman–Crippen MR) is 75.9 cm³/mol. The Kier molecular flexibility index (Phi) is 4.15. The van der Waals surface area contributed by atoms with Gasteiger partial charge in [0.1, 0.15) is 0 Å². The Morgan fingerprint density at radius 2 is 1.90 bits per heavy atom. The Bertz CT molecular complexity index is 601. The average molecular weight is 297 g/mol. The molecule has 1 aromatic carbocycles. The average Bonchev–Trinajstić information content (AvgIpc) is 2.70. The first kappa shape index (κ1) is 15.0. The number of benzene rings is 1. The summed E-state index contributed by atoms with van der Waals surface area (Å²) >= 11 is 0. The molecule has 1 aromatic rings. The van der Waals surface area contributed by atoms with Gasteiger partial charge in [0.05, 0.1) is 11.3 Å². The number of hydrogen-bond donors (Lipinski definition) is 1. The first-order valence-corrected chi connectivity index (χ1v) is 8.20. The van der Waals surface area contributed by atoms with Gasteiger partial charge in [0, 0.05) is 13.1 Å². The fraction of sp³-hybridized carbons (Fsp3) is 0.500. The van der Waals surface area contributed by atoms with E-state index in [1.54, 1.807) is 12.1 Å². The minimum absolute atomic E-state index is 0.112. The summed E-state index contributed by atoms with van der Waals surface area (Å²) < 4.78 is 26.2. The van der Waals surface area contributed by atoms with Crippen LogP contribution in [0.3, 0.4) is 0 Å². The number of carbonyl (C=O) groups is 1. The van der Waals surface area contributed by atoms with E-state index in [0.29, 0.717) is 30.5 Å².